The molecule has 1 aliphatic rings. The van der Waals surface area contributed by atoms with Crippen LogP contribution in [0.3, 0.4) is 0 Å². The number of anilines is 3. The van der Waals surface area contributed by atoms with Crippen molar-refractivity contribution in [3.8, 4) is 0 Å². The summed E-state index contributed by atoms with van der Waals surface area (Å²) >= 11 is 0. The van der Waals surface area contributed by atoms with Crippen LogP contribution in [0.1, 0.15) is 37.0 Å². The highest BCUT2D eigenvalue weighted by atomic mass is 16.2. The molecule has 1 heterocycles. The smallest absolute Gasteiger partial charge is 0.319 e. The molecule has 0 spiro atoms. The van der Waals surface area contributed by atoms with E-state index in [4.69, 9.17) is 0 Å². The number of nitrogens with zero attached hydrogens (tertiary/aromatic N) is 1. The molecule has 1 aliphatic heterocycles. The number of nitrogens with one attached hydrogen (secondary N) is 3. The molecular weight excluding hydrogens is 356 g/mol. The highest BCUT2D eigenvalue weighted by Crippen LogP contribution is 2.23. The van der Waals surface area contributed by atoms with Gasteiger partial charge in [-0.1, -0.05) is 6.07 Å². The van der Waals surface area contributed by atoms with E-state index >= 15 is 0 Å². The maximum absolute atomic E-state index is 12.6. The quantitative estimate of drug-likeness (QED) is 0.740. The number of rotatable bonds is 5. The van der Waals surface area contributed by atoms with Gasteiger partial charge in [-0.3, -0.25) is 9.59 Å². The number of amides is 4. The van der Waals surface area contributed by atoms with E-state index in [2.05, 4.69) is 16.0 Å². The topological polar surface area (TPSA) is 90.5 Å². The van der Waals surface area contributed by atoms with Gasteiger partial charge in [0.15, 0.2) is 0 Å². The molecule has 7 nitrogen and oxygen atoms in total. The van der Waals surface area contributed by atoms with Crippen LogP contribution in [-0.2, 0) is 4.79 Å². The molecule has 0 bridgehead atoms. The van der Waals surface area contributed by atoms with E-state index in [1.165, 1.54) is 0 Å². The first-order valence-electron chi connectivity index (χ1n) is 9.32. The van der Waals surface area contributed by atoms with Gasteiger partial charge in [0.25, 0.3) is 5.91 Å². The third-order valence-corrected chi connectivity index (χ3v) is 4.31. The molecule has 146 valence electrons. The molecule has 1 saturated heterocycles. The summed E-state index contributed by atoms with van der Waals surface area (Å²) in [6.45, 7) is 4.45. The SMILES string of the molecule is CC(C)NC(=O)Nc1ccc(NC(=O)c2cccc(N3CCCC3=O)c2)cc1. The monoisotopic (exact) mass is 380 g/mol. The van der Waals surface area contributed by atoms with Crippen LogP contribution in [0.4, 0.5) is 21.9 Å². The third kappa shape index (κ3) is 4.88. The number of benzene rings is 2. The van der Waals surface area contributed by atoms with Crippen molar-refractivity contribution in [3.05, 3.63) is 54.1 Å². The average Bonchev–Trinajstić information content (AvgIpc) is 3.09. The van der Waals surface area contributed by atoms with E-state index in [0.29, 0.717) is 29.9 Å². The van der Waals surface area contributed by atoms with Crippen LogP contribution in [-0.4, -0.2) is 30.4 Å². The molecule has 28 heavy (non-hydrogen) atoms. The second-order valence-corrected chi connectivity index (χ2v) is 6.98. The molecular formula is C21H24N4O3. The van der Waals surface area contributed by atoms with Crippen LogP contribution in [0.15, 0.2) is 48.5 Å². The van der Waals surface area contributed by atoms with Gasteiger partial charge in [-0.2, -0.15) is 0 Å². The van der Waals surface area contributed by atoms with E-state index < -0.39 is 0 Å². The second kappa shape index (κ2) is 8.56. The molecule has 3 rings (SSSR count). The Balaban J connectivity index is 1.63. The van der Waals surface area contributed by atoms with Crippen LogP contribution >= 0.6 is 0 Å². The first-order valence-corrected chi connectivity index (χ1v) is 9.32. The minimum Gasteiger partial charge on any atom is -0.336 e. The number of carbonyl (C=O) groups is 3. The first-order chi connectivity index (χ1) is 13.4. The summed E-state index contributed by atoms with van der Waals surface area (Å²) in [5, 5.41) is 8.30. The lowest BCUT2D eigenvalue weighted by Gasteiger charge is -2.16. The molecule has 0 unspecified atom stereocenters. The van der Waals surface area contributed by atoms with Gasteiger partial charge in [-0.15, -0.1) is 0 Å². The number of carbonyl (C=O) groups excluding carboxylic acids is 3. The summed E-state index contributed by atoms with van der Waals surface area (Å²) in [5.74, 6) is -0.172. The standard InChI is InChI=1S/C21H24N4O3/c1-14(2)22-21(28)24-17-10-8-16(9-11-17)23-20(27)15-5-3-6-18(13-15)25-12-4-7-19(25)26/h3,5-6,8-11,13-14H,4,7,12H2,1-2H3,(H,23,27)(H2,22,24,28). The zero-order chi connectivity index (χ0) is 20.1. The first kappa shape index (κ1) is 19.4. The van der Waals surface area contributed by atoms with Crippen LogP contribution in [0.25, 0.3) is 0 Å². The van der Waals surface area contributed by atoms with E-state index in [-0.39, 0.29) is 23.9 Å². The lowest BCUT2D eigenvalue weighted by atomic mass is 10.1. The molecule has 3 N–H and O–H groups in total. The van der Waals surface area contributed by atoms with Gasteiger partial charge in [-0.05, 0) is 62.7 Å². The Bertz CT molecular complexity index is 877. The third-order valence-electron chi connectivity index (χ3n) is 4.31. The Kier molecular flexibility index (Phi) is 5.93. The Labute approximate surface area is 164 Å². The predicted octanol–water partition coefficient (Wildman–Crippen LogP) is 3.60. The lowest BCUT2D eigenvalue weighted by molar-refractivity contribution is -0.117. The van der Waals surface area contributed by atoms with Crippen LogP contribution < -0.4 is 20.9 Å². The fourth-order valence-electron chi connectivity index (χ4n) is 3.01. The maximum Gasteiger partial charge on any atom is 0.319 e. The Hall–Kier alpha value is -3.35. The molecule has 0 saturated carbocycles. The molecule has 7 heteroatoms. The van der Waals surface area contributed by atoms with Crippen molar-refractivity contribution >= 4 is 34.9 Å². The highest BCUT2D eigenvalue weighted by Gasteiger charge is 2.22. The summed E-state index contributed by atoms with van der Waals surface area (Å²) in [6.07, 6.45) is 1.39. The molecule has 0 radical (unpaired) electrons. The zero-order valence-electron chi connectivity index (χ0n) is 16.0. The minimum atomic E-state index is -0.278. The lowest BCUT2D eigenvalue weighted by Crippen LogP contribution is -2.34. The predicted molar refractivity (Wildman–Crippen MR) is 110 cm³/mol. The average molecular weight is 380 g/mol. The normalized spacial score (nSPS) is 13.5. The van der Waals surface area contributed by atoms with Gasteiger partial charge >= 0.3 is 6.03 Å². The Morgan fingerprint density at radius 1 is 1.00 bits per heavy atom. The minimum absolute atomic E-state index is 0.0465. The van der Waals surface area contributed by atoms with Crippen molar-refractivity contribution in [1.82, 2.24) is 5.32 Å². The fraction of sp³-hybridized carbons (Fsp3) is 0.286. The maximum atomic E-state index is 12.6. The molecule has 4 amide bonds. The van der Waals surface area contributed by atoms with Crippen molar-refractivity contribution in [3.63, 3.8) is 0 Å². The molecule has 2 aromatic carbocycles. The summed E-state index contributed by atoms with van der Waals surface area (Å²) in [5.41, 5.74) is 2.47. The molecule has 1 fully saturated rings. The van der Waals surface area contributed by atoms with Gasteiger partial charge in [0.2, 0.25) is 5.91 Å². The second-order valence-electron chi connectivity index (χ2n) is 6.98. The largest absolute Gasteiger partial charge is 0.336 e. The molecule has 0 atom stereocenters. The zero-order valence-corrected chi connectivity index (χ0v) is 16.0. The van der Waals surface area contributed by atoms with E-state index in [0.717, 1.165) is 12.1 Å². The number of hydrogen-bond donors (Lipinski definition) is 3. The summed E-state index contributed by atoms with van der Waals surface area (Å²) < 4.78 is 0. The molecule has 0 aliphatic carbocycles. The van der Waals surface area contributed by atoms with Crippen molar-refractivity contribution in [2.24, 2.45) is 0 Å². The van der Waals surface area contributed by atoms with Crippen molar-refractivity contribution in [2.45, 2.75) is 32.7 Å². The van der Waals surface area contributed by atoms with Gasteiger partial charge in [-0.25, -0.2) is 4.79 Å². The number of hydrogen-bond acceptors (Lipinski definition) is 3. The van der Waals surface area contributed by atoms with E-state index in [1.807, 2.05) is 19.9 Å². The summed E-state index contributed by atoms with van der Waals surface area (Å²) in [6, 6.07) is 13.7. The van der Waals surface area contributed by atoms with Gasteiger partial charge < -0.3 is 20.9 Å². The molecule has 0 aromatic heterocycles. The Morgan fingerprint density at radius 3 is 2.29 bits per heavy atom. The van der Waals surface area contributed by atoms with Gasteiger partial charge in [0, 0.05) is 41.6 Å². The van der Waals surface area contributed by atoms with Crippen LogP contribution in [0.2, 0.25) is 0 Å². The summed E-state index contributed by atoms with van der Waals surface area (Å²) in [4.78, 5) is 37.9. The fourth-order valence-corrected chi connectivity index (χ4v) is 3.01. The Morgan fingerprint density at radius 2 is 1.68 bits per heavy atom. The van der Waals surface area contributed by atoms with Gasteiger partial charge in [0.05, 0.1) is 0 Å². The van der Waals surface area contributed by atoms with Crippen LogP contribution in [0.5, 0.6) is 0 Å². The molecule has 2 aromatic rings. The van der Waals surface area contributed by atoms with Gasteiger partial charge in [0.1, 0.15) is 0 Å². The van der Waals surface area contributed by atoms with Crippen LogP contribution in [0, 0.1) is 0 Å². The highest BCUT2D eigenvalue weighted by molar-refractivity contribution is 6.05. The van der Waals surface area contributed by atoms with E-state index in [1.54, 1.807) is 47.4 Å². The van der Waals surface area contributed by atoms with Crippen molar-refractivity contribution in [1.29, 1.82) is 0 Å². The van der Waals surface area contributed by atoms with E-state index in [9.17, 15) is 14.4 Å². The van der Waals surface area contributed by atoms with Crippen molar-refractivity contribution in [2.75, 3.05) is 22.1 Å². The summed E-state index contributed by atoms with van der Waals surface area (Å²) in [7, 11) is 0. The van der Waals surface area contributed by atoms with Crippen molar-refractivity contribution < 1.29 is 14.4 Å². The number of urea groups is 1.